The fraction of sp³-hybridized carbons (Fsp3) is 0.333. The lowest BCUT2D eigenvalue weighted by Crippen LogP contribution is -2.51. The fourth-order valence-corrected chi connectivity index (χ4v) is 1.84. The van der Waals surface area contributed by atoms with Crippen molar-refractivity contribution in [3.63, 3.8) is 0 Å². The van der Waals surface area contributed by atoms with E-state index < -0.39 is 23.5 Å². The normalized spacial score (nSPS) is 12.1. The predicted octanol–water partition coefficient (Wildman–Crippen LogP) is 2.95. The maximum Gasteiger partial charge on any atom is 0.380 e. The van der Waals surface area contributed by atoms with Crippen LogP contribution in [0, 0.1) is 3.57 Å². The number of carbonyl (C=O) groups is 2. The van der Waals surface area contributed by atoms with E-state index >= 15 is 0 Å². The number of carboxylic acids is 1. The zero-order chi connectivity index (χ0) is 14.8. The molecule has 0 atom stereocenters. The van der Waals surface area contributed by atoms with Gasteiger partial charge >= 0.3 is 17.9 Å². The first kappa shape index (κ1) is 15.8. The molecule has 1 aromatic rings. The van der Waals surface area contributed by atoms with Gasteiger partial charge in [-0.25, -0.2) is 9.59 Å². The van der Waals surface area contributed by atoms with E-state index in [-0.39, 0.29) is 5.56 Å². The summed E-state index contributed by atoms with van der Waals surface area (Å²) < 4.78 is 32.0. The van der Waals surface area contributed by atoms with E-state index in [1.807, 2.05) is 22.6 Å². The summed E-state index contributed by atoms with van der Waals surface area (Å²) in [5, 5.41) is 8.47. The fourth-order valence-electron chi connectivity index (χ4n) is 1.24. The molecule has 0 aromatic heterocycles. The summed E-state index contributed by atoms with van der Waals surface area (Å²) in [6.45, 7) is 1.71. The molecular weight excluding hydrogens is 373 g/mol. The number of alkyl halides is 2. The summed E-state index contributed by atoms with van der Waals surface area (Å²) in [7, 11) is 0. The van der Waals surface area contributed by atoms with Crippen molar-refractivity contribution in [2.75, 3.05) is 0 Å². The molecule has 0 heterocycles. The van der Waals surface area contributed by atoms with Gasteiger partial charge in [0.15, 0.2) is 5.60 Å². The number of carbonyl (C=O) groups excluding carboxylic acids is 1. The van der Waals surface area contributed by atoms with Crippen LogP contribution in [0.1, 0.15) is 24.2 Å². The number of ether oxygens (including phenoxy) is 1. The Balaban J connectivity index is 3.00. The monoisotopic (exact) mass is 384 g/mol. The van der Waals surface area contributed by atoms with Crippen molar-refractivity contribution >= 4 is 34.5 Å². The third-order valence-corrected chi connectivity index (χ3v) is 3.41. The van der Waals surface area contributed by atoms with Gasteiger partial charge in [0.25, 0.3) is 0 Å². The van der Waals surface area contributed by atoms with Crippen molar-refractivity contribution in [2.45, 2.75) is 25.4 Å². The van der Waals surface area contributed by atoms with E-state index in [4.69, 9.17) is 5.11 Å². The van der Waals surface area contributed by atoms with Crippen molar-refractivity contribution < 1.29 is 28.2 Å². The molecule has 4 nitrogen and oxygen atoms in total. The minimum Gasteiger partial charge on any atom is -0.477 e. The molecule has 1 N–H and O–H groups in total. The molecule has 19 heavy (non-hydrogen) atoms. The summed E-state index contributed by atoms with van der Waals surface area (Å²) in [5.74, 6) is -7.51. The van der Waals surface area contributed by atoms with Crippen LogP contribution < -0.4 is 0 Å². The summed E-state index contributed by atoms with van der Waals surface area (Å²) >= 11 is 1.86. The number of esters is 1. The minimum atomic E-state index is -4.18. The summed E-state index contributed by atoms with van der Waals surface area (Å²) in [4.78, 5) is 22.3. The molecule has 0 fully saturated rings. The molecule has 0 saturated heterocycles. The van der Waals surface area contributed by atoms with Crippen LogP contribution in [0.2, 0.25) is 0 Å². The molecule has 0 aliphatic carbocycles. The molecule has 0 spiro atoms. The Kier molecular flexibility index (Phi) is 4.49. The number of benzene rings is 1. The highest BCUT2D eigenvalue weighted by Crippen LogP contribution is 2.33. The molecule has 0 saturated carbocycles. The van der Waals surface area contributed by atoms with Crippen LogP contribution in [-0.4, -0.2) is 28.6 Å². The second-order valence-corrected chi connectivity index (χ2v) is 5.42. The standard InChI is InChI=1S/C12H11F2IO4/c1-11(2,12(13,14)10(17)18)19-9(16)7-5-3-4-6-8(7)15/h3-6H,1-2H3,(H,17,18). The Morgan fingerprint density at radius 1 is 1.26 bits per heavy atom. The van der Waals surface area contributed by atoms with Crippen LogP contribution >= 0.6 is 22.6 Å². The van der Waals surface area contributed by atoms with Gasteiger partial charge in [-0.3, -0.25) is 0 Å². The van der Waals surface area contributed by atoms with Gasteiger partial charge in [-0.1, -0.05) is 12.1 Å². The van der Waals surface area contributed by atoms with E-state index in [0.29, 0.717) is 3.57 Å². The highest BCUT2D eigenvalue weighted by atomic mass is 127. The van der Waals surface area contributed by atoms with Gasteiger partial charge in [-0.2, -0.15) is 8.78 Å². The summed E-state index contributed by atoms with van der Waals surface area (Å²) in [6.07, 6.45) is 0. The summed E-state index contributed by atoms with van der Waals surface area (Å²) in [6, 6.07) is 6.26. The smallest absolute Gasteiger partial charge is 0.380 e. The molecule has 0 unspecified atom stereocenters. The average Bonchev–Trinajstić information content (AvgIpc) is 2.28. The topological polar surface area (TPSA) is 63.6 Å². The lowest BCUT2D eigenvalue weighted by atomic mass is 10.0. The van der Waals surface area contributed by atoms with Gasteiger partial charge in [0.1, 0.15) is 0 Å². The molecule has 1 aromatic carbocycles. The third kappa shape index (κ3) is 3.20. The molecule has 0 bridgehead atoms. The van der Waals surface area contributed by atoms with E-state index in [0.717, 1.165) is 13.8 Å². The first-order valence-electron chi connectivity index (χ1n) is 5.18. The van der Waals surface area contributed by atoms with Crippen molar-refractivity contribution in [1.29, 1.82) is 0 Å². The van der Waals surface area contributed by atoms with Crippen LogP contribution in [0.4, 0.5) is 8.78 Å². The first-order valence-corrected chi connectivity index (χ1v) is 6.26. The van der Waals surface area contributed by atoms with Crippen molar-refractivity contribution in [3.05, 3.63) is 33.4 Å². The average molecular weight is 384 g/mol. The Morgan fingerprint density at radius 3 is 2.26 bits per heavy atom. The summed E-state index contributed by atoms with van der Waals surface area (Å²) in [5.41, 5.74) is -2.34. The van der Waals surface area contributed by atoms with E-state index in [2.05, 4.69) is 4.74 Å². The van der Waals surface area contributed by atoms with Crippen LogP contribution in [-0.2, 0) is 9.53 Å². The Bertz CT molecular complexity index is 514. The highest BCUT2D eigenvalue weighted by Gasteiger charge is 2.56. The highest BCUT2D eigenvalue weighted by molar-refractivity contribution is 14.1. The molecule has 0 radical (unpaired) electrons. The largest absolute Gasteiger partial charge is 0.477 e. The molecular formula is C12H11F2IO4. The van der Waals surface area contributed by atoms with Gasteiger partial charge in [-0.05, 0) is 48.6 Å². The van der Waals surface area contributed by atoms with Crippen LogP contribution in [0.3, 0.4) is 0 Å². The molecule has 7 heteroatoms. The number of aliphatic carboxylic acids is 1. The molecule has 0 aliphatic rings. The number of carboxylic acid groups (broad SMARTS) is 1. The second kappa shape index (κ2) is 5.40. The Morgan fingerprint density at radius 2 is 1.79 bits per heavy atom. The third-order valence-electron chi connectivity index (χ3n) is 2.47. The molecule has 104 valence electrons. The number of rotatable bonds is 4. The van der Waals surface area contributed by atoms with E-state index in [1.54, 1.807) is 18.2 Å². The number of hydrogen-bond acceptors (Lipinski definition) is 3. The predicted molar refractivity (Wildman–Crippen MR) is 71.2 cm³/mol. The molecule has 1 rings (SSSR count). The zero-order valence-corrected chi connectivity index (χ0v) is 12.3. The van der Waals surface area contributed by atoms with Gasteiger partial charge in [0.05, 0.1) is 5.56 Å². The van der Waals surface area contributed by atoms with Crippen molar-refractivity contribution in [1.82, 2.24) is 0 Å². The van der Waals surface area contributed by atoms with Gasteiger partial charge in [0, 0.05) is 3.57 Å². The van der Waals surface area contributed by atoms with E-state index in [9.17, 15) is 18.4 Å². The Labute approximate surface area is 121 Å². The SMILES string of the molecule is CC(C)(OC(=O)c1ccccc1I)C(F)(F)C(=O)O. The lowest BCUT2D eigenvalue weighted by molar-refractivity contribution is -0.200. The Hall–Kier alpha value is -1.25. The van der Waals surface area contributed by atoms with Gasteiger partial charge in [-0.15, -0.1) is 0 Å². The maximum atomic E-state index is 13.4. The number of hydrogen-bond donors (Lipinski definition) is 1. The minimum absolute atomic E-state index is 0.109. The van der Waals surface area contributed by atoms with Gasteiger partial charge < -0.3 is 9.84 Å². The zero-order valence-electron chi connectivity index (χ0n) is 10.1. The second-order valence-electron chi connectivity index (χ2n) is 4.26. The van der Waals surface area contributed by atoms with Crippen molar-refractivity contribution in [3.8, 4) is 0 Å². The van der Waals surface area contributed by atoms with Crippen molar-refractivity contribution in [2.24, 2.45) is 0 Å². The maximum absolute atomic E-state index is 13.4. The van der Waals surface area contributed by atoms with E-state index in [1.165, 1.54) is 6.07 Å². The number of halogens is 3. The first-order chi connectivity index (χ1) is 8.59. The van der Waals surface area contributed by atoms with Crippen LogP contribution in [0.5, 0.6) is 0 Å². The quantitative estimate of drug-likeness (QED) is 0.641. The lowest BCUT2D eigenvalue weighted by Gasteiger charge is -2.30. The molecule has 0 amide bonds. The van der Waals surface area contributed by atoms with Crippen LogP contribution in [0.25, 0.3) is 0 Å². The van der Waals surface area contributed by atoms with Gasteiger partial charge in [0.2, 0.25) is 0 Å². The molecule has 0 aliphatic heterocycles. The van der Waals surface area contributed by atoms with Crippen LogP contribution in [0.15, 0.2) is 24.3 Å².